The zero-order valence-electron chi connectivity index (χ0n) is 10.5. The molecule has 4 heteroatoms. The lowest BCUT2D eigenvalue weighted by molar-refractivity contribution is -0.134. The second-order valence-electron chi connectivity index (χ2n) is 5.26. The van der Waals surface area contributed by atoms with Crippen molar-refractivity contribution in [3.05, 3.63) is 29.6 Å². The van der Waals surface area contributed by atoms with Crippen LogP contribution in [0, 0.1) is 5.82 Å². The fourth-order valence-electron chi connectivity index (χ4n) is 3.06. The van der Waals surface area contributed by atoms with Crippen LogP contribution < -0.4 is 10.5 Å². The van der Waals surface area contributed by atoms with Gasteiger partial charge in [0.15, 0.2) is 0 Å². The Morgan fingerprint density at radius 1 is 1.44 bits per heavy atom. The fourth-order valence-corrected chi connectivity index (χ4v) is 3.06. The first-order valence-electron chi connectivity index (χ1n) is 6.47. The molecular formula is C14H18FNO2. The van der Waals surface area contributed by atoms with Crippen molar-refractivity contribution in [1.82, 2.24) is 0 Å². The van der Waals surface area contributed by atoms with Gasteiger partial charge in [0, 0.05) is 43.5 Å². The van der Waals surface area contributed by atoms with Crippen LogP contribution in [0.1, 0.15) is 37.8 Å². The van der Waals surface area contributed by atoms with Crippen LogP contribution >= 0.6 is 0 Å². The van der Waals surface area contributed by atoms with E-state index in [0.717, 1.165) is 31.4 Å². The topological polar surface area (TPSA) is 44.5 Å². The molecule has 1 fully saturated rings. The number of halogens is 1. The molecule has 1 saturated carbocycles. The molecule has 18 heavy (non-hydrogen) atoms. The molecule has 0 bridgehead atoms. The zero-order valence-corrected chi connectivity index (χ0v) is 10.5. The summed E-state index contributed by atoms with van der Waals surface area (Å²) < 4.78 is 24.8. The lowest BCUT2D eigenvalue weighted by Crippen LogP contribution is -2.55. The average molecular weight is 251 g/mol. The van der Waals surface area contributed by atoms with Crippen LogP contribution in [-0.4, -0.2) is 18.3 Å². The highest BCUT2D eigenvalue weighted by Gasteiger charge is 2.50. The quantitative estimate of drug-likeness (QED) is 0.878. The summed E-state index contributed by atoms with van der Waals surface area (Å²) in [5.41, 5.74) is 6.83. The van der Waals surface area contributed by atoms with Gasteiger partial charge < -0.3 is 15.2 Å². The number of ether oxygens (including phenoxy) is 2. The third-order valence-electron chi connectivity index (χ3n) is 3.90. The van der Waals surface area contributed by atoms with E-state index in [9.17, 15) is 4.39 Å². The van der Waals surface area contributed by atoms with Gasteiger partial charge in [-0.05, 0) is 13.0 Å². The Kier molecular flexibility index (Phi) is 2.79. The Labute approximate surface area is 106 Å². The maximum Gasteiger partial charge on any atom is 0.127 e. The highest BCUT2D eigenvalue weighted by molar-refractivity contribution is 5.40. The maximum atomic E-state index is 13.2. The van der Waals surface area contributed by atoms with Gasteiger partial charge in [0.2, 0.25) is 0 Å². The number of benzene rings is 1. The molecule has 2 N–H and O–H groups in total. The molecule has 3 nitrogen and oxygen atoms in total. The number of hydrogen-bond acceptors (Lipinski definition) is 3. The third kappa shape index (κ3) is 1.89. The van der Waals surface area contributed by atoms with E-state index in [0.29, 0.717) is 5.75 Å². The van der Waals surface area contributed by atoms with E-state index in [-0.39, 0.29) is 23.6 Å². The second-order valence-corrected chi connectivity index (χ2v) is 5.26. The highest BCUT2D eigenvalue weighted by atomic mass is 19.1. The molecule has 0 saturated heterocycles. The Morgan fingerprint density at radius 2 is 2.22 bits per heavy atom. The molecule has 1 aromatic rings. The first kappa shape index (κ1) is 11.9. The summed E-state index contributed by atoms with van der Waals surface area (Å²) in [4.78, 5) is 0. The first-order valence-corrected chi connectivity index (χ1v) is 6.47. The van der Waals surface area contributed by atoms with Crippen LogP contribution in [-0.2, 0) is 4.74 Å². The Morgan fingerprint density at radius 3 is 2.94 bits per heavy atom. The molecule has 1 heterocycles. The number of fused-ring (bicyclic) bond motifs is 1. The molecule has 0 aromatic heterocycles. The lowest BCUT2D eigenvalue weighted by Gasteiger charge is -2.50. The van der Waals surface area contributed by atoms with E-state index < -0.39 is 0 Å². The maximum absolute atomic E-state index is 13.2. The van der Waals surface area contributed by atoms with E-state index in [1.54, 1.807) is 6.07 Å². The summed E-state index contributed by atoms with van der Waals surface area (Å²) >= 11 is 0. The monoisotopic (exact) mass is 251 g/mol. The van der Waals surface area contributed by atoms with Gasteiger partial charge in [-0.1, -0.05) is 6.07 Å². The van der Waals surface area contributed by atoms with Gasteiger partial charge in [-0.15, -0.1) is 0 Å². The largest absolute Gasteiger partial charge is 0.487 e. The van der Waals surface area contributed by atoms with Gasteiger partial charge in [-0.3, -0.25) is 0 Å². The van der Waals surface area contributed by atoms with Crippen LogP contribution in [0.5, 0.6) is 5.75 Å². The molecule has 1 spiro atoms. The normalized spacial score (nSPS) is 33.7. The molecule has 3 rings (SSSR count). The molecule has 1 aliphatic heterocycles. The number of hydrogen-bond donors (Lipinski definition) is 1. The molecule has 0 radical (unpaired) electrons. The van der Waals surface area contributed by atoms with Crippen LogP contribution in [0.3, 0.4) is 0 Å². The van der Waals surface area contributed by atoms with Crippen molar-refractivity contribution in [3.8, 4) is 5.75 Å². The summed E-state index contributed by atoms with van der Waals surface area (Å²) in [7, 11) is 0. The van der Waals surface area contributed by atoms with E-state index in [1.165, 1.54) is 12.1 Å². The van der Waals surface area contributed by atoms with Gasteiger partial charge in [-0.2, -0.15) is 0 Å². The van der Waals surface area contributed by atoms with Crippen LogP contribution in [0.2, 0.25) is 0 Å². The van der Waals surface area contributed by atoms with Crippen LogP contribution in [0.25, 0.3) is 0 Å². The zero-order chi connectivity index (χ0) is 12.8. The molecule has 1 atom stereocenters. The fraction of sp³-hybridized carbons (Fsp3) is 0.571. The minimum atomic E-state index is -0.279. The predicted molar refractivity (Wildman–Crippen MR) is 66.0 cm³/mol. The second kappa shape index (κ2) is 4.21. The average Bonchev–Trinajstić information content (AvgIpc) is 2.26. The van der Waals surface area contributed by atoms with E-state index in [2.05, 4.69) is 0 Å². The summed E-state index contributed by atoms with van der Waals surface area (Å²) in [6.45, 7) is 2.71. The van der Waals surface area contributed by atoms with Crippen LogP contribution in [0.4, 0.5) is 4.39 Å². The summed E-state index contributed by atoms with van der Waals surface area (Å²) in [6.07, 6.45) is 2.75. The molecule has 0 amide bonds. The summed E-state index contributed by atoms with van der Waals surface area (Å²) in [5, 5.41) is 0. The van der Waals surface area contributed by atoms with Crippen molar-refractivity contribution < 1.29 is 13.9 Å². The van der Waals surface area contributed by atoms with E-state index in [4.69, 9.17) is 15.2 Å². The van der Waals surface area contributed by atoms with Crippen molar-refractivity contribution in [2.75, 3.05) is 6.61 Å². The first-order chi connectivity index (χ1) is 8.62. The standard InChI is InChI=1S/C14H18FNO2/c1-2-17-10-6-14(7-10)8-12(16)11-4-3-9(15)5-13(11)18-14/h3-5,10,12H,2,6-8,16H2,1H3/t10?,12-,14?/m1/s1. The number of nitrogens with two attached hydrogens (primary N) is 1. The summed E-state index contributed by atoms with van der Waals surface area (Å²) in [6, 6.07) is 4.52. The Balaban J connectivity index is 1.80. The Hall–Kier alpha value is -1.13. The van der Waals surface area contributed by atoms with Gasteiger partial charge >= 0.3 is 0 Å². The molecule has 2 aliphatic rings. The smallest absolute Gasteiger partial charge is 0.127 e. The summed E-state index contributed by atoms with van der Waals surface area (Å²) in [5.74, 6) is 0.322. The molecule has 98 valence electrons. The Bertz CT molecular complexity index is 457. The van der Waals surface area contributed by atoms with Crippen molar-refractivity contribution in [1.29, 1.82) is 0 Å². The molecule has 1 aliphatic carbocycles. The van der Waals surface area contributed by atoms with Crippen molar-refractivity contribution in [2.45, 2.75) is 43.9 Å². The van der Waals surface area contributed by atoms with Gasteiger partial charge in [0.1, 0.15) is 17.2 Å². The van der Waals surface area contributed by atoms with Crippen LogP contribution in [0.15, 0.2) is 18.2 Å². The highest BCUT2D eigenvalue weighted by Crippen LogP contribution is 2.49. The van der Waals surface area contributed by atoms with Crippen molar-refractivity contribution in [2.24, 2.45) is 5.73 Å². The SMILES string of the molecule is CCOC1CC2(C1)C[C@@H](N)c1ccc(F)cc1O2. The lowest BCUT2D eigenvalue weighted by atomic mass is 9.71. The van der Waals surface area contributed by atoms with Gasteiger partial charge in [-0.25, -0.2) is 4.39 Å². The van der Waals surface area contributed by atoms with E-state index >= 15 is 0 Å². The minimum absolute atomic E-state index is 0.0723. The van der Waals surface area contributed by atoms with Gasteiger partial charge in [0.25, 0.3) is 0 Å². The minimum Gasteiger partial charge on any atom is -0.487 e. The molecular weight excluding hydrogens is 233 g/mol. The van der Waals surface area contributed by atoms with E-state index in [1.807, 2.05) is 6.92 Å². The van der Waals surface area contributed by atoms with Gasteiger partial charge in [0.05, 0.1) is 6.10 Å². The van der Waals surface area contributed by atoms with Crippen molar-refractivity contribution in [3.63, 3.8) is 0 Å². The third-order valence-corrected chi connectivity index (χ3v) is 3.90. The predicted octanol–water partition coefficient (Wildman–Crippen LogP) is 2.55. The molecule has 0 unspecified atom stereocenters. The molecule has 1 aromatic carbocycles. The number of rotatable bonds is 2. The van der Waals surface area contributed by atoms with Crippen molar-refractivity contribution >= 4 is 0 Å².